The van der Waals surface area contributed by atoms with Gasteiger partial charge in [0.1, 0.15) is 0 Å². The van der Waals surface area contributed by atoms with Gasteiger partial charge < -0.3 is 10.8 Å². The maximum absolute atomic E-state index is 8.92. The van der Waals surface area contributed by atoms with Crippen molar-refractivity contribution in [3.63, 3.8) is 0 Å². The van der Waals surface area contributed by atoms with Crippen LogP contribution in [0.5, 0.6) is 0 Å². The van der Waals surface area contributed by atoms with Crippen LogP contribution in [0.15, 0.2) is 29.3 Å². The van der Waals surface area contributed by atoms with Crippen LogP contribution in [0.4, 0.5) is 0 Å². The predicted octanol–water partition coefficient (Wildman–Crippen LogP) is 2.38. The first-order valence-electron chi connectivity index (χ1n) is 5.73. The number of aliphatic hydroxyl groups excluding tert-OH is 1. The molecule has 0 spiro atoms. The van der Waals surface area contributed by atoms with Gasteiger partial charge in [0.15, 0.2) is 5.17 Å². The summed E-state index contributed by atoms with van der Waals surface area (Å²) in [5.41, 5.74) is 7.92. The van der Waals surface area contributed by atoms with Crippen LogP contribution in [0.3, 0.4) is 0 Å². The molecule has 0 atom stereocenters. The molecule has 3 nitrogen and oxygen atoms in total. The van der Waals surface area contributed by atoms with Gasteiger partial charge in [-0.3, -0.25) is 4.99 Å². The number of rotatable bonds is 5. The summed E-state index contributed by atoms with van der Waals surface area (Å²) in [5.74, 6) is 1.36. The van der Waals surface area contributed by atoms with Crippen LogP contribution in [-0.4, -0.2) is 16.8 Å². The minimum Gasteiger partial charge on any atom is -0.392 e. The molecule has 0 radical (unpaired) electrons. The van der Waals surface area contributed by atoms with E-state index in [1.54, 1.807) is 11.8 Å². The van der Waals surface area contributed by atoms with Crippen molar-refractivity contribution in [2.75, 3.05) is 6.54 Å². The minimum absolute atomic E-state index is 0.0887. The molecule has 1 aromatic rings. The molecule has 0 aromatic heterocycles. The van der Waals surface area contributed by atoms with Gasteiger partial charge in [-0.25, -0.2) is 0 Å². The van der Waals surface area contributed by atoms with Gasteiger partial charge in [0, 0.05) is 12.3 Å². The molecule has 0 unspecified atom stereocenters. The first kappa shape index (κ1) is 14.1. The van der Waals surface area contributed by atoms with E-state index in [1.165, 1.54) is 5.56 Å². The second-order valence-corrected chi connectivity index (χ2v) is 5.33. The molecule has 0 heterocycles. The summed E-state index contributed by atoms with van der Waals surface area (Å²) in [5, 5.41) is 9.57. The van der Waals surface area contributed by atoms with E-state index in [9.17, 15) is 0 Å². The molecule has 0 aliphatic carbocycles. The topological polar surface area (TPSA) is 58.6 Å². The predicted molar refractivity (Wildman–Crippen MR) is 75.0 cm³/mol. The molecule has 0 fully saturated rings. The molecule has 0 aliphatic rings. The van der Waals surface area contributed by atoms with Crippen molar-refractivity contribution in [2.45, 2.75) is 26.2 Å². The van der Waals surface area contributed by atoms with Gasteiger partial charge in [0.05, 0.1) is 6.61 Å². The van der Waals surface area contributed by atoms with Crippen LogP contribution >= 0.6 is 11.8 Å². The van der Waals surface area contributed by atoms with E-state index in [2.05, 4.69) is 18.8 Å². The normalized spacial score (nSPS) is 12.1. The molecule has 0 saturated carbocycles. The summed E-state index contributed by atoms with van der Waals surface area (Å²) in [6, 6.07) is 7.87. The molecule has 0 aliphatic heterocycles. The Hall–Kier alpha value is -1.00. The van der Waals surface area contributed by atoms with Crippen molar-refractivity contribution in [3.8, 4) is 0 Å². The molecule has 1 rings (SSSR count). The highest BCUT2D eigenvalue weighted by Crippen LogP contribution is 2.13. The number of thioether (sulfide) groups is 1. The fourth-order valence-electron chi connectivity index (χ4n) is 1.22. The number of nitrogens with zero attached hydrogens (tertiary/aromatic N) is 1. The number of nitrogens with two attached hydrogens (primary N) is 1. The van der Waals surface area contributed by atoms with E-state index in [4.69, 9.17) is 10.8 Å². The highest BCUT2D eigenvalue weighted by Gasteiger charge is 1.98. The first-order valence-corrected chi connectivity index (χ1v) is 6.71. The maximum Gasteiger partial charge on any atom is 0.154 e. The fraction of sp³-hybridized carbons (Fsp3) is 0.462. The standard InChI is InChI=1S/C13H20N2OS/c1-10(2)7-15-13(14)17-9-12-5-3-11(8-16)4-6-12/h3-6,10,16H,7-9H2,1-2H3,(H2,14,15). The lowest BCUT2D eigenvalue weighted by molar-refractivity contribution is 0.282. The lowest BCUT2D eigenvalue weighted by Crippen LogP contribution is -2.09. The lowest BCUT2D eigenvalue weighted by atomic mass is 10.2. The van der Waals surface area contributed by atoms with Gasteiger partial charge in [0.2, 0.25) is 0 Å². The Bertz CT molecular complexity index is 360. The van der Waals surface area contributed by atoms with Crippen molar-refractivity contribution in [2.24, 2.45) is 16.6 Å². The Morgan fingerprint density at radius 3 is 2.41 bits per heavy atom. The zero-order chi connectivity index (χ0) is 12.7. The fourth-order valence-corrected chi connectivity index (χ4v) is 1.89. The number of amidine groups is 1. The Labute approximate surface area is 107 Å². The zero-order valence-corrected chi connectivity index (χ0v) is 11.2. The molecule has 0 bridgehead atoms. The van der Waals surface area contributed by atoms with Crippen LogP contribution in [0, 0.1) is 5.92 Å². The number of hydrogen-bond acceptors (Lipinski definition) is 3. The molecule has 4 heteroatoms. The van der Waals surface area contributed by atoms with E-state index in [-0.39, 0.29) is 6.61 Å². The summed E-state index contributed by atoms with van der Waals surface area (Å²) in [6.07, 6.45) is 0. The van der Waals surface area contributed by atoms with Crippen LogP contribution in [0.2, 0.25) is 0 Å². The smallest absolute Gasteiger partial charge is 0.154 e. The minimum atomic E-state index is 0.0887. The third kappa shape index (κ3) is 5.75. The van der Waals surface area contributed by atoms with E-state index < -0.39 is 0 Å². The monoisotopic (exact) mass is 252 g/mol. The number of benzene rings is 1. The van der Waals surface area contributed by atoms with Gasteiger partial charge in [-0.1, -0.05) is 49.9 Å². The Balaban J connectivity index is 2.41. The Morgan fingerprint density at radius 2 is 1.88 bits per heavy atom. The van der Waals surface area contributed by atoms with Crippen LogP contribution in [0.25, 0.3) is 0 Å². The highest BCUT2D eigenvalue weighted by molar-refractivity contribution is 8.13. The summed E-state index contributed by atoms with van der Waals surface area (Å²) in [4.78, 5) is 4.29. The van der Waals surface area contributed by atoms with E-state index in [1.807, 2.05) is 24.3 Å². The van der Waals surface area contributed by atoms with Crippen LogP contribution < -0.4 is 5.73 Å². The third-order valence-corrected chi connectivity index (χ3v) is 3.11. The molecule has 1 aromatic carbocycles. The lowest BCUT2D eigenvalue weighted by Gasteiger charge is -2.04. The van der Waals surface area contributed by atoms with Gasteiger partial charge in [-0.05, 0) is 17.0 Å². The largest absolute Gasteiger partial charge is 0.392 e. The summed E-state index contributed by atoms with van der Waals surface area (Å²) < 4.78 is 0. The van der Waals surface area contributed by atoms with Gasteiger partial charge in [-0.15, -0.1) is 0 Å². The molecule has 17 heavy (non-hydrogen) atoms. The number of hydrogen-bond donors (Lipinski definition) is 2. The molecular formula is C13H20N2OS. The maximum atomic E-state index is 8.92. The average Bonchev–Trinajstić information content (AvgIpc) is 2.34. The second-order valence-electron chi connectivity index (χ2n) is 4.34. The number of aliphatic imine (C=N–C) groups is 1. The summed E-state index contributed by atoms with van der Waals surface area (Å²) >= 11 is 1.55. The molecular weight excluding hydrogens is 232 g/mol. The first-order chi connectivity index (χ1) is 8.11. The van der Waals surface area contributed by atoms with Gasteiger partial charge in [0.25, 0.3) is 0 Å². The van der Waals surface area contributed by atoms with Gasteiger partial charge >= 0.3 is 0 Å². The highest BCUT2D eigenvalue weighted by atomic mass is 32.2. The summed E-state index contributed by atoms with van der Waals surface area (Å²) in [6.45, 7) is 5.11. The van der Waals surface area contributed by atoms with E-state index in [0.29, 0.717) is 11.1 Å². The van der Waals surface area contributed by atoms with Crippen LogP contribution in [0.1, 0.15) is 25.0 Å². The Morgan fingerprint density at radius 1 is 1.29 bits per heavy atom. The van der Waals surface area contributed by atoms with E-state index in [0.717, 1.165) is 17.9 Å². The average molecular weight is 252 g/mol. The molecule has 0 amide bonds. The Kier molecular flexibility index (Phi) is 6.08. The second kappa shape index (κ2) is 7.35. The van der Waals surface area contributed by atoms with Crippen molar-refractivity contribution < 1.29 is 5.11 Å². The van der Waals surface area contributed by atoms with E-state index >= 15 is 0 Å². The van der Waals surface area contributed by atoms with Crippen molar-refractivity contribution >= 4 is 16.9 Å². The molecule has 3 N–H and O–H groups in total. The van der Waals surface area contributed by atoms with Crippen molar-refractivity contribution in [1.29, 1.82) is 0 Å². The molecule has 0 saturated heterocycles. The van der Waals surface area contributed by atoms with Crippen molar-refractivity contribution in [1.82, 2.24) is 0 Å². The van der Waals surface area contributed by atoms with Crippen molar-refractivity contribution in [3.05, 3.63) is 35.4 Å². The van der Waals surface area contributed by atoms with Gasteiger partial charge in [-0.2, -0.15) is 0 Å². The quantitative estimate of drug-likeness (QED) is 0.625. The summed E-state index contributed by atoms with van der Waals surface area (Å²) in [7, 11) is 0. The van der Waals surface area contributed by atoms with Crippen LogP contribution in [-0.2, 0) is 12.4 Å². The number of aliphatic hydroxyl groups is 1. The molecule has 94 valence electrons. The SMILES string of the molecule is CC(C)CN=C(N)SCc1ccc(CO)cc1. The third-order valence-electron chi connectivity index (χ3n) is 2.20. The zero-order valence-electron chi connectivity index (χ0n) is 10.4.